The van der Waals surface area contributed by atoms with E-state index in [1.165, 1.54) is 11.3 Å². The van der Waals surface area contributed by atoms with Gasteiger partial charge in [-0.15, -0.1) is 11.3 Å². The van der Waals surface area contributed by atoms with E-state index in [4.69, 9.17) is 0 Å². The molecule has 62 valence electrons. The number of aromatic amines is 1. The van der Waals surface area contributed by atoms with E-state index in [0.717, 1.165) is 2.88 Å². The highest BCUT2D eigenvalue weighted by Crippen LogP contribution is 2.21. The summed E-state index contributed by atoms with van der Waals surface area (Å²) in [5, 5.41) is 4.16. The van der Waals surface area contributed by atoms with Crippen molar-refractivity contribution < 1.29 is 4.52 Å². The Bertz CT molecular complexity index is 445. The first-order valence-corrected chi connectivity index (χ1v) is 4.83. The second-order valence-electron chi connectivity index (χ2n) is 1.91. The zero-order chi connectivity index (χ0) is 8.55. The van der Waals surface area contributed by atoms with E-state index in [0.29, 0.717) is 10.8 Å². The third-order valence-electron chi connectivity index (χ3n) is 1.12. The second-order valence-corrected chi connectivity index (χ2v) is 4.84. The van der Waals surface area contributed by atoms with Crippen molar-refractivity contribution in [1.29, 1.82) is 0 Å². The average molecular weight is 295 g/mol. The Labute approximate surface area is 84.0 Å². The number of rotatable bonds is 1. The van der Waals surface area contributed by atoms with Gasteiger partial charge < -0.3 is 0 Å². The summed E-state index contributed by atoms with van der Waals surface area (Å²) in [6, 6.07) is 0. The van der Waals surface area contributed by atoms with Gasteiger partial charge in [-0.3, -0.25) is 9.51 Å². The van der Waals surface area contributed by atoms with E-state index in [-0.39, 0.29) is 0 Å². The first-order valence-electron chi connectivity index (χ1n) is 2.93. The van der Waals surface area contributed by atoms with Crippen molar-refractivity contribution in [3.63, 3.8) is 0 Å². The van der Waals surface area contributed by atoms with E-state index in [1.807, 2.05) is 0 Å². The van der Waals surface area contributed by atoms with Crippen molar-refractivity contribution in [3.05, 3.63) is 19.6 Å². The Morgan fingerprint density at radius 2 is 2.50 bits per heavy atom. The minimum atomic E-state index is -0.560. The SMILES string of the molecule is O=c1[nH]c(-c2ncc(I)s2)no1. The highest BCUT2D eigenvalue weighted by atomic mass is 127. The lowest BCUT2D eigenvalue weighted by Crippen LogP contribution is -1.94. The van der Waals surface area contributed by atoms with E-state index in [1.54, 1.807) is 6.20 Å². The molecule has 7 heteroatoms. The third-order valence-corrected chi connectivity index (χ3v) is 2.85. The van der Waals surface area contributed by atoms with Crippen LogP contribution in [-0.4, -0.2) is 15.1 Å². The molecule has 0 aliphatic heterocycles. The van der Waals surface area contributed by atoms with Crippen molar-refractivity contribution in [1.82, 2.24) is 15.1 Å². The molecular formula is C5H2IN3O2S. The summed E-state index contributed by atoms with van der Waals surface area (Å²) < 4.78 is 5.37. The lowest BCUT2D eigenvalue weighted by molar-refractivity contribution is 0.388. The van der Waals surface area contributed by atoms with Crippen LogP contribution in [0.3, 0.4) is 0 Å². The first-order chi connectivity index (χ1) is 5.75. The summed E-state index contributed by atoms with van der Waals surface area (Å²) >= 11 is 3.58. The zero-order valence-corrected chi connectivity index (χ0v) is 8.55. The molecule has 0 aliphatic carbocycles. The molecule has 0 unspecified atom stereocenters. The van der Waals surface area contributed by atoms with Gasteiger partial charge in [0.25, 0.3) is 0 Å². The Hall–Kier alpha value is -0.700. The molecule has 1 N–H and O–H groups in total. The maximum Gasteiger partial charge on any atom is 0.439 e. The molecule has 12 heavy (non-hydrogen) atoms. The smallest absolute Gasteiger partial charge is 0.295 e. The number of aromatic nitrogens is 3. The van der Waals surface area contributed by atoms with Gasteiger partial charge in [0.15, 0.2) is 5.01 Å². The number of nitrogens with one attached hydrogen (secondary N) is 1. The maximum atomic E-state index is 10.6. The van der Waals surface area contributed by atoms with Crippen molar-refractivity contribution in [2.75, 3.05) is 0 Å². The summed E-state index contributed by atoms with van der Waals surface area (Å²) in [6.45, 7) is 0. The van der Waals surface area contributed by atoms with Crippen molar-refractivity contribution in [2.24, 2.45) is 0 Å². The molecule has 0 atom stereocenters. The molecule has 0 aromatic carbocycles. The fraction of sp³-hybridized carbons (Fsp3) is 0. The summed E-state index contributed by atoms with van der Waals surface area (Å²) in [4.78, 5) is 17.0. The molecule has 0 spiro atoms. The van der Waals surface area contributed by atoms with Crippen LogP contribution < -0.4 is 5.76 Å². The molecule has 2 heterocycles. The van der Waals surface area contributed by atoms with Gasteiger partial charge in [0, 0.05) is 0 Å². The maximum absolute atomic E-state index is 10.6. The monoisotopic (exact) mass is 295 g/mol. The molecule has 0 amide bonds. The molecule has 0 bridgehead atoms. The first kappa shape index (κ1) is 7.92. The number of hydrogen-bond donors (Lipinski definition) is 1. The standard InChI is InChI=1S/C5H2IN3O2S/c6-2-1-7-4(12-2)3-8-5(10)11-9-3/h1H,(H,8,9,10). The van der Waals surface area contributed by atoms with Gasteiger partial charge in [-0.2, -0.15) is 0 Å². The Kier molecular flexibility index (Phi) is 1.97. The van der Waals surface area contributed by atoms with E-state index < -0.39 is 5.76 Å². The van der Waals surface area contributed by atoms with Crippen LogP contribution in [-0.2, 0) is 0 Å². The molecular weight excluding hydrogens is 293 g/mol. The van der Waals surface area contributed by atoms with Gasteiger partial charge in [0.1, 0.15) is 0 Å². The largest absolute Gasteiger partial charge is 0.439 e. The number of nitrogens with zero attached hydrogens (tertiary/aromatic N) is 2. The Morgan fingerprint density at radius 1 is 1.67 bits per heavy atom. The molecule has 0 radical (unpaired) electrons. The van der Waals surface area contributed by atoms with E-state index >= 15 is 0 Å². The summed E-state index contributed by atoms with van der Waals surface area (Å²) in [6.07, 6.45) is 1.70. The highest BCUT2D eigenvalue weighted by Gasteiger charge is 2.07. The van der Waals surface area contributed by atoms with Crippen molar-refractivity contribution in [3.8, 4) is 10.8 Å². The van der Waals surface area contributed by atoms with E-state index in [2.05, 4.69) is 42.2 Å². The van der Waals surface area contributed by atoms with Gasteiger partial charge in [0.2, 0.25) is 5.82 Å². The van der Waals surface area contributed by atoms with Crippen LogP contribution in [0.15, 0.2) is 15.5 Å². The quantitative estimate of drug-likeness (QED) is 0.799. The number of thiazole rings is 1. The lowest BCUT2D eigenvalue weighted by atomic mass is 10.7. The minimum absolute atomic E-state index is 0.382. The second kappa shape index (κ2) is 2.98. The summed E-state index contributed by atoms with van der Waals surface area (Å²) in [5.41, 5.74) is 0. The van der Waals surface area contributed by atoms with Crippen LogP contribution in [0, 0.1) is 2.88 Å². The average Bonchev–Trinajstić information content (AvgIpc) is 2.58. The van der Waals surface area contributed by atoms with Crippen LogP contribution in [0.5, 0.6) is 0 Å². The fourth-order valence-electron chi connectivity index (χ4n) is 0.686. The molecule has 5 nitrogen and oxygen atoms in total. The summed E-state index contributed by atoms with van der Waals surface area (Å²) in [7, 11) is 0. The fourth-order valence-corrected chi connectivity index (χ4v) is 2.03. The van der Waals surface area contributed by atoms with Gasteiger partial charge in [-0.05, 0) is 22.6 Å². The summed E-state index contributed by atoms with van der Waals surface area (Å²) in [5.74, 6) is -0.178. The van der Waals surface area contributed by atoms with Crippen LogP contribution in [0.2, 0.25) is 0 Å². The van der Waals surface area contributed by atoms with Crippen LogP contribution >= 0.6 is 33.9 Å². The molecule has 2 rings (SSSR count). The minimum Gasteiger partial charge on any atom is -0.295 e. The molecule has 0 fully saturated rings. The number of halogens is 1. The van der Waals surface area contributed by atoms with Crippen LogP contribution in [0.4, 0.5) is 0 Å². The molecule has 2 aromatic rings. The predicted molar refractivity (Wildman–Crippen MR) is 50.9 cm³/mol. The van der Waals surface area contributed by atoms with Crippen LogP contribution in [0.1, 0.15) is 0 Å². The van der Waals surface area contributed by atoms with Gasteiger partial charge in [0.05, 0.1) is 9.08 Å². The molecule has 0 aliphatic rings. The highest BCUT2D eigenvalue weighted by molar-refractivity contribution is 14.1. The van der Waals surface area contributed by atoms with Crippen LogP contribution in [0.25, 0.3) is 10.8 Å². The molecule has 0 saturated carbocycles. The zero-order valence-electron chi connectivity index (χ0n) is 5.57. The topological polar surface area (TPSA) is 71.8 Å². The Balaban J connectivity index is 2.50. The predicted octanol–water partition coefficient (Wildman–Crippen LogP) is 1.09. The van der Waals surface area contributed by atoms with Crippen molar-refractivity contribution in [2.45, 2.75) is 0 Å². The third kappa shape index (κ3) is 1.41. The van der Waals surface area contributed by atoms with Gasteiger partial charge >= 0.3 is 5.76 Å². The number of hydrogen-bond acceptors (Lipinski definition) is 5. The number of H-pyrrole nitrogens is 1. The lowest BCUT2D eigenvalue weighted by Gasteiger charge is -1.80. The van der Waals surface area contributed by atoms with Gasteiger partial charge in [-0.1, -0.05) is 5.16 Å². The van der Waals surface area contributed by atoms with E-state index in [9.17, 15) is 4.79 Å². The van der Waals surface area contributed by atoms with Crippen molar-refractivity contribution >= 4 is 33.9 Å². The molecule has 0 saturated heterocycles. The molecule has 2 aromatic heterocycles. The van der Waals surface area contributed by atoms with Gasteiger partial charge in [-0.25, -0.2) is 9.78 Å². The Morgan fingerprint density at radius 3 is 3.00 bits per heavy atom. The normalized spacial score (nSPS) is 10.4.